The number of carbonyl (C=O) groups is 1. The van der Waals surface area contributed by atoms with E-state index in [1.165, 1.54) is 0 Å². The first-order chi connectivity index (χ1) is 6.89. The zero-order valence-electron chi connectivity index (χ0n) is 9.57. The number of aliphatic hydroxyl groups is 1. The fourth-order valence-electron chi connectivity index (χ4n) is 1.91. The maximum absolute atomic E-state index is 10.4. The first-order valence-electron chi connectivity index (χ1n) is 5.51. The van der Waals surface area contributed by atoms with Crippen LogP contribution in [0.5, 0.6) is 0 Å². The Hall–Kier alpha value is -0.610. The van der Waals surface area contributed by atoms with Crippen molar-refractivity contribution in [2.24, 2.45) is 5.41 Å². The summed E-state index contributed by atoms with van der Waals surface area (Å²) in [5, 5.41) is 18.0. The van der Waals surface area contributed by atoms with Gasteiger partial charge in [-0.1, -0.05) is 13.8 Å². The van der Waals surface area contributed by atoms with Crippen molar-refractivity contribution in [1.82, 2.24) is 4.90 Å². The zero-order chi connectivity index (χ0) is 11.5. The fraction of sp³-hybridized carbons (Fsp3) is 0.909. The molecule has 0 aliphatic carbocycles. The van der Waals surface area contributed by atoms with Crippen LogP contribution in [0.4, 0.5) is 0 Å². The molecular formula is C11H21NO3. The summed E-state index contributed by atoms with van der Waals surface area (Å²) < 4.78 is 0. The van der Waals surface area contributed by atoms with Crippen LogP contribution in [-0.2, 0) is 4.79 Å². The minimum atomic E-state index is -0.931. The lowest BCUT2D eigenvalue weighted by atomic mass is 9.82. The van der Waals surface area contributed by atoms with Gasteiger partial charge in [-0.25, -0.2) is 0 Å². The quantitative estimate of drug-likeness (QED) is 0.733. The van der Waals surface area contributed by atoms with E-state index >= 15 is 0 Å². The van der Waals surface area contributed by atoms with Gasteiger partial charge < -0.3 is 15.1 Å². The first kappa shape index (κ1) is 12.5. The summed E-state index contributed by atoms with van der Waals surface area (Å²) in [4.78, 5) is 12.5. The Morgan fingerprint density at radius 2 is 1.93 bits per heavy atom. The van der Waals surface area contributed by atoms with Crippen molar-refractivity contribution in [2.45, 2.75) is 39.2 Å². The highest BCUT2D eigenvalue weighted by Gasteiger charge is 2.26. The third-order valence-corrected chi connectivity index (χ3v) is 3.09. The molecule has 0 aromatic rings. The smallest absolute Gasteiger partial charge is 0.306 e. The van der Waals surface area contributed by atoms with Gasteiger partial charge in [0.1, 0.15) is 0 Å². The van der Waals surface area contributed by atoms with Crippen molar-refractivity contribution in [1.29, 1.82) is 0 Å². The van der Waals surface area contributed by atoms with E-state index in [0.29, 0.717) is 12.0 Å². The second kappa shape index (κ2) is 4.94. The lowest BCUT2D eigenvalue weighted by Crippen LogP contribution is -2.41. The molecule has 1 saturated heterocycles. The molecule has 1 atom stereocenters. The van der Waals surface area contributed by atoms with E-state index in [4.69, 9.17) is 5.11 Å². The summed E-state index contributed by atoms with van der Waals surface area (Å²) in [6.45, 7) is 6.91. The van der Waals surface area contributed by atoms with Gasteiger partial charge in [-0.15, -0.1) is 0 Å². The van der Waals surface area contributed by atoms with Crippen molar-refractivity contribution in [3.8, 4) is 0 Å². The molecule has 1 aliphatic rings. The molecule has 2 N–H and O–H groups in total. The largest absolute Gasteiger partial charge is 0.481 e. The highest BCUT2D eigenvalue weighted by atomic mass is 16.4. The summed E-state index contributed by atoms with van der Waals surface area (Å²) in [6.07, 6.45) is 1.35. The topological polar surface area (TPSA) is 60.8 Å². The Bertz CT molecular complexity index is 218. The summed E-state index contributed by atoms with van der Waals surface area (Å²) in [6, 6.07) is 0. The van der Waals surface area contributed by atoms with Crippen LogP contribution in [-0.4, -0.2) is 46.8 Å². The number of rotatable bonds is 4. The van der Waals surface area contributed by atoms with E-state index in [1.807, 2.05) is 0 Å². The standard InChI is InChI=1S/C11H21NO3/c1-11(2)3-5-12(6-4-11)8-9(13)7-10(14)15/h9,13H,3-8H2,1-2H3,(H,14,15). The molecule has 0 spiro atoms. The number of likely N-dealkylation sites (tertiary alicyclic amines) is 1. The Balaban J connectivity index is 2.26. The minimum absolute atomic E-state index is 0.153. The van der Waals surface area contributed by atoms with E-state index in [1.54, 1.807) is 0 Å². The Labute approximate surface area is 90.9 Å². The van der Waals surface area contributed by atoms with Crippen molar-refractivity contribution in [3.63, 3.8) is 0 Å². The van der Waals surface area contributed by atoms with Gasteiger partial charge in [0.15, 0.2) is 0 Å². The molecule has 88 valence electrons. The second-order valence-corrected chi connectivity index (χ2v) is 5.22. The van der Waals surface area contributed by atoms with Crippen LogP contribution in [0.15, 0.2) is 0 Å². The van der Waals surface area contributed by atoms with Gasteiger partial charge in [-0.2, -0.15) is 0 Å². The molecule has 1 unspecified atom stereocenters. The third-order valence-electron chi connectivity index (χ3n) is 3.09. The van der Waals surface area contributed by atoms with Crippen LogP contribution >= 0.6 is 0 Å². The Morgan fingerprint density at radius 1 is 1.40 bits per heavy atom. The van der Waals surface area contributed by atoms with Crippen LogP contribution in [0.2, 0.25) is 0 Å². The predicted molar refractivity (Wildman–Crippen MR) is 57.7 cm³/mol. The molecule has 1 heterocycles. The van der Waals surface area contributed by atoms with Crippen LogP contribution < -0.4 is 0 Å². The number of aliphatic hydroxyl groups excluding tert-OH is 1. The number of hydrogen-bond acceptors (Lipinski definition) is 3. The minimum Gasteiger partial charge on any atom is -0.481 e. The highest BCUT2D eigenvalue weighted by Crippen LogP contribution is 2.29. The summed E-state index contributed by atoms with van der Waals surface area (Å²) in [5.74, 6) is -0.931. The molecule has 1 rings (SSSR count). The van der Waals surface area contributed by atoms with E-state index < -0.39 is 12.1 Å². The highest BCUT2D eigenvalue weighted by molar-refractivity contribution is 5.67. The molecule has 0 saturated carbocycles. The maximum Gasteiger partial charge on any atom is 0.306 e. The zero-order valence-corrected chi connectivity index (χ0v) is 9.57. The van der Waals surface area contributed by atoms with Crippen LogP contribution in [0.1, 0.15) is 33.1 Å². The van der Waals surface area contributed by atoms with Crippen molar-refractivity contribution in [2.75, 3.05) is 19.6 Å². The van der Waals surface area contributed by atoms with Crippen molar-refractivity contribution < 1.29 is 15.0 Å². The SMILES string of the molecule is CC1(C)CCN(CC(O)CC(=O)O)CC1. The molecule has 0 bridgehead atoms. The molecule has 15 heavy (non-hydrogen) atoms. The predicted octanol–water partition coefficient (Wildman–Crippen LogP) is 0.944. The average molecular weight is 215 g/mol. The number of hydrogen-bond donors (Lipinski definition) is 2. The van der Waals surface area contributed by atoms with Gasteiger partial charge in [0.2, 0.25) is 0 Å². The number of carboxylic acid groups (broad SMARTS) is 1. The fourth-order valence-corrected chi connectivity index (χ4v) is 1.91. The molecule has 0 aromatic carbocycles. The normalized spacial score (nSPS) is 23.7. The molecule has 0 radical (unpaired) electrons. The van der Waals surface area contributed by atoms with Crippen LogP contribution in [0.3, 0.4) is 0 Å². The molecule has 1 aliphatic heterocycles. The van der Waals surface area contributed by atoms with E-state index in [0.717, 1.165) is 25.9 Å². The van der Waals surface area contributed by atoms with Crippen molar-refractivity contribution in [3.05, 3.63) is 0 Å². The Morgan fingerprint density at radius 3 is 2.40 bits per heavy atom. The van der Waals surface area contributed by atoms with E-state index in [-0.39, 0.29) is 6.42 Å². The number of nitrogens with zero attached hydrogens (tertiary/aromatic N) is 1. The monoisotopic (exact) mass is 215 g/mol. The molecule has 0 amide bonds. The first-order valence-corrected chi connectivity index (χ1v) is 5.51. The Kier molecular flexibility index (Phi) is 4.11. The van der Waals surface area contributed by atoms with E-state index in [2.05, 4.69) is 18.7 Å². The summed E-state index contributed by atoms with van der Waals surface area (Å²) in [7, 11) is 0. The van der Waals surface area contributed by atoms with Gasteiger partial charge in [-0.3, -0.25) is 4.79 Å². The van der Waals surface area contributed by atoms with Gasteiger partial charge in [0, 0.05) is 6.54 Å². The van der Waals surface area contributed by atoms with E-state index in [9.17, 15) is 9.90 Å². The summed E-state index contributed by atoms with van der Waals surface area (Å²) >= 11 is 0. The molecule has 1 fully saturated rings. The maximum atomic E-state index is 10.4. The molecular weight excluding hydrogens is 194 g/mol. The number of carboxylic acids is 1. The van der Waals surface area contributed by atoms with Crippen molar-refractivity contribution >= 4 is 5.97 Å². The molecule has 4 nitrogen and oxygen atoms in total. The van der Waals surface area contributed by atoms with Gasteiger partial charge in [0.05, 0.1) is 12.5 Å². The number of aliphatic carboxylic acids is 1. The molecule has 0 aromatic heterocycles. The van der Waals surface area contributed by atoms with Gasteiger partial charge in [-0.05, 0) is 31.3 Å². The summed E-state index contributed by atoms with van der Waals surface area (Å²) in [5.41, 5.74) is 0.397. The second-order valence-electron chi connectivity index (χ2n) is 5.22. The van der Waals surface area contributed by atoms with Gasteiger partial charge in [0.25, 0.3) is 0 Å². The lowest BCUT2D eigenvalue weighted by Gasteiger charge is -2.37. The van der Waals surface area contributed by atoms with Crippen LogP contribution in [0, 0.1) is 5.41 Å². The lowest BCUT2D eigenvalue weighted by molar-refractivity contribution is -0.139. The van der Waals surface area contributed by atoms with Gasteiger partial charge >= 0.3 is 5.97 Å². The average Bonchev–Trinajstić information content (AvgIpc) is 2.07. The number of piperidine rings is 1. The third kappa shape index (κ3) is 4.62. The van der Waals surface area contributed by atoms with Crippen LogP contribution in [0.25, 0.3) is 0 Å². The number of β-amino-alcohol motifs (C(OH)–C–C–N with tert-alkyl or cyclic N) is 1. The molecule has 4 heteroatoms.